The molecule has 0 amide bonds. The molecule has 2 heterocycles. The summed E-state index contributed by atoms with van der Waals surface area (Å²) in [6.45, 7) is 3.09. The Kier molecular flexibility index (Phi) is 5.59. The van der Waals surface area contributed by atoms with Gasteiger partial charge >= 0.3 is 5.97 Å². The molecule has 1 aromatic heterocycles. The van der Waals surface area contributed by atoms with E-state index < -0.39 is 0 Å². The second-order valence-corrected chi connectivity index (χ2v) is 8.95. The number of thiophene rings is 1. The maximum Gasteiger partial charge on any atom is 0.337 e. The first kappa shape index (κ1) is 17.2. The van der Waals surface area contributed by atoms with Gasteiger partial charge in [-0.15, -0.1) is 11.3 Å². The van der Waals surface area contributed by atoms with E-state index in [0.717, 1.165) is 28.4 Å². The van der Waals surface area contributed by atoms with Gasteiger partial charge in [-0.25, -0.2) is 4.79 Å². The van der Waals surface area contributed by atoms with E-state index in [2.05, 4.69) is 34.2 Å². The third-order valence-electron chi connectivity index (χ3n) is 3.57. The van der Waals surface area contributed by atoms with E-state index in [-0.39, 0.29) is 5.97 Å². The third kappa shape index (κ3) is 3.72. The Hall–Kier alpha value is -0.665. The number of esters is 1. The summed E-state index contributed by atoms with van der Waals surface area (Å²) < 4.78 is 11.1. The molecule has 0 fully saturated rings. The molecule has 3 nitrogen and oxygen atoms in total. The van der Waals surface area contributed by atoms with Crippen molar-refractivity contribution in [3.8, 4) is 16.2 Å². The Morgan fingerprint density at radius 2 is 2.30 bits per heavy atom. The number of carbonyl (C=O) groups is 1. The average Bonchev–Trinajstić information content (AvgIpc) is 2.80. The third-order valence-corrected chi connectivity index (χ3v) is 6.34. The number of rotatable bonds is 4. The van der Waals surface area contributed by atoms with E-state index >= 15 is 0 Å². The highest BCUT2D eigenvalue weighted by Crippen LogP contribution is 2.40. The topological polar surface area (TPSA) is 35.5 Å². The highest BCUT2D eigenvalue weighted by Gasteiger charge is 2.21. The van der Waals surface area contributed by atoms with Gasteiger partial charge in [-0.05, 0) is 51.9 Å². The highest BCUT2D eigenvalue weighted by atomic mass is 127. The Morgan fingerprint density at radius 1 is 1.48 bits per heavy atom. The van der Waals surface area contributed by atoms with Gasteiger partial charge < -0.3 is 9.47 Å². The number of aryl methyl sites for hydroxylation is 1. The lowest BCUT2D eigenvalue weighted by Crippen LogP contribution is -2.19. The lowest BCUT2D eigenvalue weighted by Gasteiger charge is -2.13. The van der Waals surface area contributed by atoms with E-state index in [4.69, 9.17) is 17.3 Å². The van der Waals surface area contributed by atoms with Crippen molar-refractivity contribution in [2.24, 2.45) is 0 Å². The predicted molar refractivity (Wildman–Crippen MR) is 106 cm³/mol. The standard InChI is InChI=1S/C16H14BIO3S2/c1-9-6-10-2-3-20-14-8-13(17)11(7-12(14)15(10)23-9)16(19)21-4-5-22-18/h6-8H,2-5H2,1H3. The molecule has 1 aliphatic heterocycles. The molecule has 0 N–H and O–H groups in total. The van der Waals surface area contributed by atoms with E-state index in [0.29, 0.717) is 24.2 Å². The molecule has 7 heteroatoms. The number of carbonyl (C=O) groups excluding carboxylic acids is 1. The van der Waals surface area contributed by atoms with Crippen LogP contribution in [0.25, 0.3) is 10.4 Å². The minimum absolute atomic E-state index is 0.378. The fraction of sp³-hybridized carbons (Fsp3) is 0.312. The van der Waals surface area contributed by atoms with Crippen molar-refractivity contribution in [2.45, 2.75) is 13.3 Å². The van der Waals surface area contributed by atoms with E-state index in [1.54, 1.807) is 26.3 Å². The molecular weight excluding hydrogens is 442 g/mol. The number of benzene rings is 1. The molecule has 23 heavy (non-hydrogen) atoms. The zero-order chi connectivity index (χ0) is 16.4. The van der Waals surface area contributed by atoms with Crippen molar-refractivity contribution in [1.29, 1.82) is 0 Å². The summed E-state index contributed by atoms with van der Waals surface area (Å²) in [5, 5.41) is 0. The number of halogens is 1. The molecule has 0 saturated heterocycles. The van der Waals surface area contributed by atoms with Crippen molar-refractivity contribution in [2.75, 3.05) is 19.0 Å². The van der Waals surface area contributed by atoms with E-state index in [1.807, 2.05) is 6.07 Å². The van der Waals surface area contributed by atoms with E-state index in [1.165, 1.54) is 10.4 Å². The van der Waals surface area contributed by atoms with Crippen LogP contribution in [0.15, 0.2) is 18.2 Å². The summed E-state index contributed by atoms with van der Waals surface area (Å²) in [5.74, 6) is 1.12. The fourth-order valence-corrected chi connectivity index (χ4v) is 4.33. The Morgan fingerprint density at radius 3 is 3.09 bits per heavy atom. The van der Waals surface area contributed by atoms with Crippen LogP contribution in [0.3, 0.4) is 0 Å². The molecule has 2 radical (unpaired) electrons. The maximum absolute atomic E-state index is 12.3. The molecule has 0 bridgehead atoms. The molecule has 3 rings (SSSR count). The average molecular weight is 456 g/mol. The first-order chi connectivity index (χ1) is 11.1. The lowest BCUT2D eigenvalue weighted by atomic mass is 9.88. The summed E-state index contributed by atoms with van der Waals surface area (Å²) >= 11 is 3.89. The van der Waals surface area contributed by atoms with Crippen molar-refractivity contribution in [3.05, 3.63) is 34.2 Å². The molecule has 0 aliphatic carbocycles. The van der Waals surface area contributed by atoms with Crippen LogP contribution in [0.2, 0.25) is 0 Å². The zero-order valence-electron chi connectivity index (χ0n) is 12.6. The van der Waals surface area contributed by atoms with Gasteiger partial charge in [0.2, 0.25) is 0 Å². The van der Waals surface area contributed by atoms with Gasteiger partial charge in [0.1, 0.15) is 20.2 Å². The Balaban J connectivity index is 2.00. The Labute approximate surface area is 157 Å². The van der Waals surface area contributed by atoms with Crippen LogP contribution in [0.1, 0.15) is 20.8 Å². The first-order valence-electron chi connectivity index (χ1n) is 7.17. The SMILES string of the molecule is [B]c1cc2c(cc1C(=O)OCCSI)-c1sc(C)cc1CCO2. The number of fused-ring (bicyclic) bond motifs is 3. The molecule has 0 unspecified atom stereocenters. The fourth-order valence-electron chi connectivity index (χ4n) is 2.56. The first-order valence-corrected chi connectivity index (χ1v) is 11.5. The summed E-state index contributed by atoms with van der Waals surface area (Å²) in [6, 6.07) is 5.73. The minimum Gasteiger partial charge on any atom is -0.493 e. The summed E-state index contributed by atoms with van der Waals surface area (Å²) in [4.78, 5) is 14.7. The van der Waals surface area contributed by atoms with Crippen LogP contribution in [0, 0.1) is 6.92 Å². The van der Waals surface area contributed by atoms with Crippen LogP contribution >= 0.6 is 41.5 Å². The van der Waals surface area contributed by atoms with Gasteiger partial charge in [-0.3, -0.25) is 0 Å². The number of hydrogen-bond donors (Lipinski definition) is 0. The molecular formula is C16H14BIO3S2. The van der Waals surface area contributed by atoms with Crippen LogP contribution < -0.4 is 10.2 Å². The van der Waals surface area contributed by atoms with Gasteiger partial charge in [0.25, 0.3) is 0 Å². The molecule has 1 aliphatic rings. The summed E-state index contributed by atoms with van der Waals surface area (Å²) in [6.07, 6.45) is 0.862. The quantitative estimate of drug-likeness (QED) is 0.305. The summed E-state index contributed by atoms with van der Waals surface area (Å²) in [5.41, 5.74) is 2.99. The molecule has 0 atom stereocenters. The molecule has 118 valence electrons. The summed E-state index contributed by atoms with van der Waals surface area (Å²) in [7, 11) is 7.65. The van der Waals surface area contributed by atoms with Crippen molar-refractivity contribution < 1.29 is 14.3 Å². The van der Waals surface area contributed by atoms with Gasteiger partial charge in [0.15, 0.2) is 0 Å². The van der Waals surface area contributed by atoms with Crippen LogP contribution in [0.4, 0.5) is 0 Å². The molecule has 0 saturated carbocycles. The number of hydrogen-bond acceptors (Lipinski definition) is 5. The van der Waals surface area contributed by atoms with Crippen molar-refractivity contribution in [1.82, 2.24) is 0 Å². The van der Waals surface area contributed by atoms with Crippen LogP contribution in [0.5, 0.6) is 5.75 Å². The zero-order valence-corrected chi connectivity index (χ0v) is 16.3. The lowest BCUT2D eigenvalue weighted by molar-refractivity contribution is 0.0532. The smallest absolute Gasteiger partial charge is 0.337 e. The van der Waals surface area contributed by atoms with Crippen molar-refractivity contribution in [3.63, 3.8) is 0 Å². The molecule has 1 aromatic carbocycles. The minimum atomic E-state index is -0.380. The van der Waals surface area contributed by atoms with Gasteiger partial charge in [-0.1, -0.05) is 14.4 Å². The normalized spacial score (nSPS) is 12.8. The second kappa shape index (κ2) is 7.48. The molecule has 2 aromatic rings. The highest BCUT2D eigenvalue weighted by molar-refractivity contribution is 14.2. The van der Waals surface area contributed by atoms with Gasteiger partial charge in [0, 0.05) is 27.5 Å². The Bertz CT molecular complexity index is 745. The molecule has 0 spiro atoms. The predicted octanol–water partition coefficient (Wildman–Crippen LogP) is 3.69. The number of ether oxygens (including phenoxy) is 2. The second-order valence-electron chi connectivity index (χ2n) is 5.19. The van der Waals surface area contributed by atoms with Crippen molar-refractivity contribution >= 4 is 60.8 Å². The van der Waals surface area contributed by atoms with Gasteiger partial charge in [0.05, 0.1) is 12.2 Å². The monoisotopic (exact) mass is 456 g/mol. The largest absolute Gasteiger partial charge is 0.493 e. The van der Waals surface area contributed by atoms with Crippen LogP contribution in [-0.2, 0) is 11.2 Å². The van der Waals surface area contributed by atoms with Gasteiger partial charge in [-0.2, -0.15) is 0 Å². The maximum atomic E-state index is 12.3. The van der Waals surface area contributed by atoms with Crippen LogP contribution in [-0.4, -0.2) is 32.8 Å². The van der Waals surface area contributed by atoms with E-state index in [9.17, 15) is 4.79 Å².